The Hall–Kier alpha value is -4.86. The maximum atomic E-state index is 13.6. The summed E-state index contributed by atoms with van der Waals surface area (Å²) >= 11 is 12.1. The van der Waals surface area contributed by atoms with Gasteiger partial charge in [0.15, 0.2) is 16.6 Å². The van der Waals surface area contributed by atoms with E-state index >= 15 is 0 Å². The number of fused-ring (bicyclic) bond motifs is 3. The van der Waals surface area contributed by atoms with E-state index in [-0.39, 0.29) is 11.1 Å². The minimum absolute atomic E-state index is 0.134. The molecule has 0 bridgehead atoms. The number of rotatable bonds is 5. The Morgan fingerprint density at radius 2 is 1.49 bits per heavy atom. The lowest BCUT2D eigenvalue weighted by Crippen LogP contribution is -2.42. The van der Waals surface area contributed by atoms with Gasteiger partial charge in [-0.25, -0.2) is 4.79 Å². The zero-order chi connectivity index (χ0) is 29.9. The monoisotopic (exact) mass is 610 g/mol. The second-order valence-electron chi connectivity index (χ2n) is 9.76. The Balaban J connectivity index is 1.19. The molecule has 0 aliphatic carbocycles. The molecule has 8 nitrogen and oxygen atoms in total. The summed E-state index contributed by atoms with van der Waals surface area (Å²) in [5, 5.41) is 7.10. The molecule has 10 heteroatoms. The lowest BCUT2D eigenvalue weighted by Gasteiger charge is -2.25. The second-order valence-corrected chi connectivity index (χ2v) is 10.6. The molecule has 0 unspecified atom stereocenters. The molecule has 2 amide bonds. The molecule has 4 aromatic carbocycles. The number of aryl methyl sites for hydroxylation is 2. The van der Waals surface area contributed by atoms with Gasteiger partial charge in [0.05, 0.1) is 36.1 Å². The summed E-state index contributed by atoms with van der Waals surface area (Å²) < 4.78 is 17.0. The van der Waals surface area contributed by atoms with Crippen LogP contribution in [-0.4, -0.2) is 30.3 Å². The van der Waals surface area contributed by atoms with Crippen LogP contribution in [0.3, 0.4) is 0 Å². The van der Waals surface area contributed by atoms with E-state index in [4.69, 9.17) is 38.0 Å². The van der Waals surface area contributed by atoms with Gasteiger partial charge in [0.2, 0.25) is 0 Å². The molecule has 0 radical (unpaired) electrons. The fourth-order valence-corrected chi connectivity index (χ4v) is 5.55. The van der Waals surface area contributed by atoms with Crippen molar-refractivity contribution in [3.63, 3.8) is 0 Å². The molecule has 1 aliphatic rings. The van der Waals surface area contributed by atoms with Gasteiger partial charge in [-0.15, -0.1) is 0 Å². The van der Waals surface area contributed by atoms with Crippen molar-refractivity contribution in [2.75, 3.05) is 24.4 Å². The third-order valence-corrected chi connectivity index (χ3v) is 7.67. The van der Waals surface area contributed by atoms with Crippen molar-refractivity contribution in [3.8, 4) is 23.0 Å². The Morgan fingerprint density at radius 1 is 0.837 bits per heavy atom. The zero-order valence-corrected chi connectivity index (χ0v) is 25.0. The number of carbonyl (C=O) groups excluding carboxylic acids is 1. The molecule has 2 heterocycles. The number of thiocarbonyl (C=S) groups is 1. The lowest BCUT2D eigenvalue weighted by molar-refractivity contribution is 0.252. The van der Waals surface area contributed by atoms with Gasteiger partial charge in [0.1, 0.15) is 11.5 Å². The molecule has 5 aromatic rings. The smallest absolute Gasteiger partial charge is 0.332 e. The van der Waals surface area contributed by atoms with Gasteiger partial charge in [-0.1, -0.05) is 48.0 Å². The molecule has 0 saturated heterocycles. The van der Waals surface area contributed by atoms with Crippen molar-refractivity contribution in [3.05, 3.63) is 107 Å². The normalized spacial score (nSPS) is 12.0. The molecule has 6 rings (SSSR count). The van der Waals surface area contributed by atoms with Crippen molar-refractivity contribution in [2.45, 2.75) is 12.8 Å². The van der Waals surface area contributed by atoms with Crippen LogP contribution in [0.15, 0.2) is 91.1 Å². The number of anilines is 3. The Morgan fingerprint density at radius 3 is 2.14 bits per heavy atom. The Kier molecular flexibility index (Phi) is 8.00. The fraction of sp³-hybridized carbons (Fsp3) is 0.121. The van der Waals surface area contributed by atoms with Crippen LogP contribution in [0.2, 0.25) is 5.02 Å². The van der Waals surface area contributed by atoms with E-state index in [1.54, 1.807) is 55.6 Å². The third-order valence-electron chi connectivity index (χ3n) is 7.17. The fourth-order valence-electron chi connectivity index (χ4n) is 5.13. The zero-order valence-electron chi connectivity index (χ0n) is 23.4. The maximum Gasteiger partial charge on any atom is 0.332 e. The minimum atomic E-state index is -0.359. The average molecular weight is 611 g/mol. The number of nitrogens with zero attached hydrogens (tertiary/aromatic N) is 2. The van der Waals surface area contributed by atoms with Crippen LogP contribution in [-0.2, 0) is 12.8 Å². The first-order valence-electron chi connectivity index (χ1n) is 13.5. The van der Waals surface area contributed by atoms with Crippen LogP contribution in [0.4, 0.5) is 21.9 Å². The number of carbonyl (C=O) groups is 1. The number of hydrogen-bond donors (Lipinski definition) is 2. The van der Waals surface area contributed by atoms with E-state index in [0.29, 0.717) is 39.2 Å². The first kappa shape index (κ1) is 28.3. The van der Waals surface area contributed by atoms with E-state index < -0.39 is 0 Å². The highest BCUT2D eigenvalue weighted by atomic mass is 35.5. The van der Waals surface area contributed by atoms with Gasteiger partial charge in [0.25, 0.3) is 0 Å². The van der Waals surface area contributed by atoms with Crippen LogP contribution in [0.25, 0.3) is 10.9 Å². The van der Waals surface area contributed by atoms with Gasteiger partial charge < -0.3 is 19.5 Å². The summed E-state index contributed by atoms with van der Waals surface area (Å²) in [6.45, 7) is 0. The minimum Gasteiger partial charge on any atom is -0.493 e. The first-order valence-corrected chi connectivity index (χ1v) is 14.3. The summed E-state index contributed by atoms with van der Waals surface area (Å²) in [4.78, 5) is 19.7. The summed E-state index contributed by atoms with van der Waals surface area (Å²) in [7, 11) is 3.14. The van der Waals surface area contributed by atoms with E-state index in [0.717, 1.165) is 40.7 Å². The Bertz CT molecular complexity index is 1820. The topological polar surface area (TPSA) is 85.0 Å². The SMILES string of the molecule is COc1cc2nccc(Oc3ccc(NC(=S)NC(=O)N4c5ccccc5CCc5ccccc54)cc3Cl)c2cc1OC. The van der Waals surface area contributed by atoms with Gasteiger partial charge in [-0.2, -0.15) is 0 Å². The first-order chi connectivity index (χ1) is 20.9. The van der Waals surface area contributed by atoms with E-state index in [9.17, 15) is 4.79 Å². The van der Waals surface area contributed by atoms with E-state index in [1.807, 2.05) is 54.6 Å². The number of ether oxygens (including phenoxy) is 3. The summed E-state index contributed by atoms with van der Waals surface area (Å²) in [6.07, 6.45) is 3.32. The van der Waals surface area contributed by atoms with Gasteiger partial charge >= 0.3 is 6.03 Å². The van der Waals surface area contributed by atoms with Crippen molar-refractivity contribution >= 4 is 62.9 Å². The van der Waals surface area contributed by atoms with Crippen LogP contribution in [0, 0.1) is 0 Å². The third kappa shape index (κ3) is 5.77. The lowest BCUT2D eigenvalue weighted by atomic mass is 10.0. The number of hydrogen-bond acceptors (Lipinski definition) is 6. The number of benzene rings is 4. The molecule has 1 aromatic heterocycles. The molecule has 0 atom stereocenters. The highest BCUT2D eigenvalue weighted by Crippen LogP contribution is 2.39. The summed E-state index contributed by atoms with van der Waals surface area (Å²) in [6, 6.07) is 26.0. The molecule has 0 spiro atoms. The average Bonchev–Trinajstić information content (AvgIpc) is 3.18. The number of pyridine rings is 1. The van der Waals surface area contributed by atoms with Gasteiger partial charge in [-0.3, -0.25) is 15.2 Å². The van der Waals surface area contributed by atoms with Gasteiger partial charge in [-0.05, 0) is 78.7 Å². The molecule has 1 aliphatic heterocycles. The number of halogens is 1. The molecule has 0 fully saturated rings. The maximum absolute atomic E-state index is 13.6. The van der Waals surface area contributed by atoms with Crippen LogP contribution >= 0.6 is 23.8 Å². The molecule has 0 saturated carbocycles. The van der Waals surface area contributed by atoms with Crippen LogP contribution < -0.4 is 29.7 Å². The largest absolute Gasteiger partial charge is 0.493 e. The Labute approximate surface area is 259 Å². The number of urea groups is 1. The van der Waals surface area contributed by atoms with E-state index in [2.05, 4.69) is 15.6 Å². The molecule has 216 valence electrons. The molecular formula is C33H27ClN4O4S. The van der Waals surface area contributed by atoms with Crippen LogP contribution in [0.5, 0.6) is 23.0 Å². The number of aromatic nitrogens is 1. The van der Waals surface area contributed by atoms with Crippen molar-refractivity contribution < 1.29 is 19.0 Å². The highest BCUT2D eigenvalue weighted by molar-refractivity contribution is 7.80. The van der Waals surface area contributed by atoms with Crippen molar-refractivity contribution in [1.82, 2.24) is 10.3 Å². The highest BCUT2D eigenvalue weighted by Gasteiger charge is 2.26. The van der Waals surface area contributed by atoms with Crippen molar-refractivity contribution in [1.29, 1.82) is 0 Å². The number of para-hydroxylation sites is 2. The van der Waals surface area contributed by atoms with E-state index in [1.165, 1.54) is 0 Å². The predicted molar refractivity (Wildman–Crippen MR) is 174 cm³/mol. The molecular weight excluding hydrogens is 584 g/mol. The predicted octanol–water partition coefficient (Wildman–Crippen LogP) is 8.04. The van der Waals surface area contributed by atoms with Crippen molar-refractivity contribution in [2.24, 2.45) is 0 Å². The standard InChI is InChI=1S/C33H27ClN4O4S/c1-40-30-18-23-25(19-31(30)41-2)35-16-15-28(23)42-29-14-13-22(17-24(29)34)36-32(43)37-33(39)38-26-9-5-3-7-20(26)11-12-21-8-4-6-10-27(21)38/h3-10,13-19H,11-12H2,1-2H3,(H2,36,37,39,43). The second kappa shape index (κ2) is 12.2. The quantitative estimate of drug-likeness (QED) is 0.195. The molecule has 43 heavy (non-hydrogen) atoms. The summed E-state index contributed by atoms with van der Waals surface area (Å²) in [5.74, 6) is 2.11. The number of amides is 2. The summed E-state index contributed by atoms with van der Waals surface area (Å²) in [5.41, 5.74) is 5.11. The van der Waals surface area contributed by atoms with Crippen LogP contribution in [0.1, 0.15) is 11.1 Å². The number of nitrogens with one attached hydrogen (secondary N) is 2. The number of methoxy groups -OCH3 is 2. The molecule has 2 N–H and O–H groups in total. The van der Waals surface area contributed by atoms with Gasteiger partial charge in [0, 0.05) is 23.3 Å².